The molecule has 0 bridgehead atoms. The van der Waals surface area contributed by atoms with E-state index in [1.54, 1.807) is 0 Å². The van der Waals surface area contributed by atoms with E-state index in [1.807, 2.05) is 0 Å². The van der Waals surface area contributed by atoms with Crippen LogP contribution in [-0.4, -0.2) is 24.3 Å². The molecule has 0 unspecified atom stereocenters. The number of nitrogens with one attached hydrogen (secondary N) is 1. The first-order valence-corrected chi connectivity index (χ1v) is 3.73. The minimum Gasteiger partial charge on any atom is -0.391 e. The third-order valence-corrected chi connectivity index (χ3v) is 1.96. The van der Waals surface area contributed by atoms with E-state index in [-0.39, 0.29) is 6.10 Å². The smallest absolute Gasteiger partial charge is 0.0704 e. The third kappa shape index (κ3) is 1.66. The van der Waals surface area contributed by atoms with Crippen LogP contribution in [0.4, 0.5) is 0 Å². The van der Waals surface area contributed by atoms with E-state index in [1.165, 1.54) is 6.42 Å². The van der Waals surface area contributed by atoms with Crippen molar-refractivity contribution in [3.63, 3.8) is 0 Å². The number of rotatable bonds is 2. The lowest BCUT2D eigenvalue weighted by Gasteiger charge is -2.10. The van der Waals surface area contributed by atoms with Crippen molar-refractivity contribution in [1.82, 2.24) is 5.32 Å². The summed E-state index contributed by atoms with van der Waals surface area (Å²) in [5, 5.41) is 12.4. The van der Waals surface area contributed by atoms with Gasteiger partial charge in [0.2, 0.25) is 0 Å². The van der Waals surface area contributed by atoms with Gasteiger partial charge in [-0.2, -0.15) is 0 Å². The summed E-state index contributed by atoms with van der Waals surface area (Å²) in [7, 11) is 0. The van der Waals surface area contributed by atoms with Crippen molar-refractivity contribution >= 4 is 0 Å². The molecule has 0 radical (unpaired) electrons. The second-order valence-corrected chi connectivity index (χ2v) is 2.77. The number of aliphatic hydroxyl groups excluding tert-OH is 1. The van der Waals surface area contributed by atoms with E-state index in [9.17, 15) is 5.11 Å². The highest BCUT2D eigenvalue weighted by Crippen LogP contribution is 2.14. The van der Waals surface area contributed by atoms with Gasteiger partial charge in [0.05, 0.1) is 6.10 Å². The maximum absolute atomic E-state index is 9.26. The standard InChI is InChI=1S/C7H15NO/c1-2-3-6-4-8-5-7(6)9/h6-9H,2-5H2,1H3/t6-,7+/m1/s1. The van der Waals surface area contributed by atoms with E-state index in [4.69, 9.17) is 0 Å². The Hall–Kier alpha value is -0.0800. The number of hydrogen-bond acceptors (Lipinski definition) is 2. The Bertz CT molecular complexity index is 85.0. The minimum atomic E-state index is -0.0788. The van der Waals surface area contributed by atoms with Gasteiger partial charge in [0.15, 0.2) is 0 Å². The van der Waals surface area contributed by atoms with Gasteiger partial charge in [-0.3, -0.25) is 0 Å². The SMILES string of the molecule is CCC[C@@H]1CNC[C@@H]1O. The quantitative estimate of drug-likeness (QED) is 0.564. The highest BCUT2D eigenvalue weighted by Gasteiger charge is 2.23. The third-order valence-electron chi connectivity index (χ3n) is 1.96. The number of hydrogen-bond donors (Lipinski definition) is 2. The van der Waals surface area contributed by atoms with Crippen LogP contribution in [0.25, 0.3) is 0 Å². The monoisotopic (exact) mass is 129 g/mol. The fourth-order valence-electron chi connectivity index (χ4n) is 1.38. The first-order chi connectivity index (χ1) is 4.34. The Morgan fingerprint density at radius 2 is 2.33 bits per heavy atom. The molecule has 0 aromatic carbocycles. The van der Waals surface area contributed by atoms with Gasteiger partial charge in [0, 0.05) is 13.1 Å². The van der Waals surface area contributed by atoms with Crippen molar-refractivity contribution in [1.29, 1.82) is 0 Å². The van der Waals surface area contributed by atoms with Gasteiger partial charge in [0.25, 0.3) is 0 Å². The largest absolute Gasteiger partial charge is 0.391 e. The zero-order valence-corrected chi connectivity index (χ0v) is 5.93. The van der Waals surface area contributed by atoms with Gasteiger partial charge >= 0.3 is 0 Å². The second kappa shape index (κ2) is 3.18. The Morgan fingerprint density at radius 1 is 1.56 bits per heavy atom. The van der Waals surface area contributed by atoms with Gasteiger partial charge in [-0.15, -0.1) is 0 Å². The molecule has 0 amide bonds. The molecule has 2 nitrogen and oxygen atoms in total. The lowest BCUT2D eigenvalue weighted by atomic mass is 10.0. The summed E-state index contributed by atoms with van der Waals surface area (Å²) in [6.45, 7) is 3.96. The van der Waals surface area contributed by atoms with Crippen molar-refractivity contribution in [3.05, 3.63) is 0 Å². The number of β-amino-alcohol motifs (C(OH)–C–C–N with tert-alkyl or cyclic N) is 1. The zero-order chi connectivity index (χ0) is 6.69. The first-order valence-electron chi connectivity index (χ1n) is 3.73. The molecule has 0 aromatic heterocycles. The molecule has 1 fully saturated rings. The summed E-state index contributed by atoms with van der Waals surface area (Å²) in [6.07, 6.45) is 2.27. The molecule has 1 rings (SSSR count). The molecule has 2 atom stereocenters. The normalized spacial score (nSPS) is 35.3. The van der Waals surface area contributed by atoms with E-state index >= 15 is 0 Å². The van der Waals surface area contributed by atoms with E-state index in [0.717, 1.165) is 19.5 Å². The first kappa shape index (κ1) is 7.03. The van der Waals surface area contributed by atoms with Crippen molar-refractivity contribution in [3.8, 4) is 0 Å². The molecular weight excluding hydrogens is 114 g/mol. The van der Waals surface area contributed by atoms with Crippen molar-refractivity contribution < 1.29 is 5.11 Å². The zero-order valence-electron chi connectivity index (χ0n) is 5.93. The van der Waals surface area contributed by atoms with Crippen molar-refractivity contribution in [2.24, 2.45) is 5.92 Å². The van der Waals surface area contributed by atoms with Crippen LogP contribution in [0.15, 0.2) is 0 Å². The summed E-state index contributed by atoms with van der Waals surface area (Å²) < 4.78 is 0. The Morgan fingerprint density at radius 3 is 2.78 bits per heavy atom. The highest BCUT2D eigenvalue weighted by molar-refractivity contribution is 4.79. The fourth-order valence-corrected chi connectivity index (χ4v) is 1.38. The molecule has 1 aliphatic heterocycles. The Kier molecular flexibility index (Phi) is 2.49. The lowest BCUT2D eigenvalue weighted by molar-refractivity contribution is 0.142. The van der Waals surface area contributed by atoms with Crippen molar-refractivity contribution in [2.45, 2.75) is 25.9 Å². The van der Waals surface area contributed by atoms with Crippen LogP contribution in [0, 0.1) is 5.92 Å². The van der Waals surface area contributed by atoms with E-state index in [2.05, 4.69) is 12.2 Å². The molecule has 2 heteroatoms. The summed E-state index contributed by atoms with van der Waals surface area (Å²) in [6, 6.07) is 0. The fraction of sp³-hybridized carbons (Fsp3) is 1.00. The molecule has 0 aliphatic carbocycles. The molecule has 0 spiro atoms. The molecule has 54 valence electrons. The van der Waals surface area contributed by atoms with Crippen LogP contribution in [0.3, 0.4) is 0 Å². The van der Waals surface area contributed by atoms with Gasteiger partial charge in [0.1, 0.15) is 0 Å². The Balaban J connectivity index is 2.22. The molecule has 1 aliphatic rings. The summed E-state index contributed by atoms with van der Waals surface area (Å²) in [5.74, 6) is 0.523. The predicted molar refractivity (Wildman–Crippen MR) is 37.3 cm³/mol. The number of aliphatic hydroxyl groups is 1. The molecule has 1 saturated heterocycles. The summed E-state index contributed by atoms with van der Waals surface area (Å²) in [4.78, 5) is 0. The highest BCUT2D eigenvalue weighted by atomic mass is 16.3. The Labute approximate surface area is 56.3 Å². The van der Waals surface area contributed by atoms with Crippen LogP contribution >= 0.6 is 0 Å². The lowest BCUT2D eigenvalue weighted by Crippen LogP contribution is -2.17. The van der Waals surface area contributed by atoms with Crippen LogP contribution in [-0.2, 0) is 0 Å². The summed E-state index contributed by atoms with van der Waals surface area (Å²) >= 11 is 0. The van der Waals surface area contributed by atoms with Crippen molar-refractivity contribution in [2.75, 3.05) is 13.1 Å². The van der Waals surface area contributed by atoms with Gasteiger partial charge in [-0.25, -0.2) is 0 Å². The predicted octanol–water partition coefficient (Wildman–Crippen LogP) is 0.367. The second-order valence-electron chi connectivity index (χ2n) is 2.77. The van der Waals surface area contributed by atoms with Gasteiger partial charge in [-0.1, -0.05) is 13.3 Å². The maximum atomic E-state index is 9.26. The topological polar surface area (TPSA) is 32.3 Å². The summed E-state index contributed by atoms with van der Waals surface area (Å²) in [5.41, 5.74) is 0. The molecule has 1 heterocycles. The van der Waals surface area contributed by atoms with Gasteiger partial charge < -0.3 is 10.4 Å². The van der Waals surface area contributed by atoms with E-state index < -0.39 is 0 Å². The maximum Gasteiger partial charge on any atom is 0.0704 e. The van der Waals surface area contributed by atoms with Crippen LogP contribution in [0.2, 0.25) is 0 Å². The molecule has 0 saturated carbocycles. The molecule has 9 heavy (non-hydrogen) atoms. The molecule has 2 N–H and O–H groups in total. The minimum absolute atomic E-state index is 0.0788. The van der Waals surface area contributed by atoms with Crippen LogP contribution in [0.1, 0.15) is 19.8 Å². The van der Waals surface area contributed by atoms with Crippen LogP contribution < -0.4 is 5.32 Å². The average molecular weight is 129 g/mol. The molecule has 0 aromatic rings. The average Bonchev–Trinajstić information content (AvgIpc) is 2.18. The van der Waals surface area contributed by atoms with Gasteiger partial charge in [-0.05, 0) is 12.3 Å². The molecular formula is C7H15NO. The van der Waals surface area contributed by atoms with E-state index in [0.29, 0.717) is 5.92 Å². The van der Waals surface area contributed by atoms with Crippen LogP contribution in [0.5, 0.6) is 0 Å².